The third kappa shape index (κ3) is 4.13. The van der Waals surface area contributed by atoms with Crippen LogP contribution in [0.2, 0.25) is 0 Å². The van der Waals surface area contributed by atoms with Crippen molar-refractivity contribution < 1.29 is 27.4 Å². The molecular weight excluding hydrogens is 463 g/mol. The minimum Gasteiger partial charge on any atom is -0.491 e. The number of fused-ring (bicyclic) bond motifs is 2. The molecule has 35 heavy (non-hydrogen) atoms. The molecular formula is C24H24F3N5O3. The number of aromatic nitrogens is 2. The first-order valence-electron chi connectivity index (χ1n) is 11.7. The Morgan fingerprint density at radius 2 is 1.94 bits per heavy atom. The molecule has 0 bridgehead atoms. The van der Waals surface area contributed by atoms with Crippen LogP contribution in [0.3, 0.4) is 0 Å². The van der Waals surface area contributed by atoms with Gasteiger partial charge in [-0.2, -0.15) is 13.2 Å². The number of amides is 1. The first kappa shape index (κ1) is 22.0. The Bertz CT molecular complexity index is 1300. The quantitative estimate of drug-likeness (QED) is 0.497. The largest absolute Gasteiger partial charge is 0.491 e. The zero-order valence-corrected chi connectivity index (χ0v) is 18.8. The number of benzene rings is 1. The second-order valence-electron chi connectivity index (χ2n) is 8.99. The Labute approximate surface area is 198 Å². The molecule has 0 atom stereocenters. The fourth-order valence-corrected chi connectivity index (χ4v) is 4.65. The van der Waals surface area contributed by atoms with Crippen molar-refractivity contribution in [3.63, 3.8) is 0 Å². The molecule has 1 aromatic carbocycles. The molecule has 6 rings (SSSR count). The van der Waals surface area contributed by atoms with E-state index in [1.165, 1.54) is 0 Å². The molecule has 0 radical (unpaired) electrons. The summed E-state index contributed by atoms with van der Waals surface area (Å²) in [6, 6.07) is 5.28. The van der Waals surface area contributed by atoms with Crippen LogP contribution < -0.4 is 15.4 Å². The van der Waals surface area contributed by atoms with E-state index in [-0.39, 0.29) is 23.0 Å². The van der Waals surface area contributed by atoms with Gasteiger partial charge in [0.2, 0.25) is 0 Å². The lowest BCUT2D eigenvalue weighted by Gasteiger charge is -2.27. The summed E-state index contributed by atoms with van der Waals surface area (Å²) in [5.41, 5.74) is 1.81. The number of pyridine rings is 1. The first-order chi connectivity index (χ1) is 16.9. The van der Waals surface area contributed by atoms with Gasteiger partial charge in [0.25, 0.3) is 5.91 Å². The van der Waals surface area contributed by atoms with E-state index in [2.05, 4.69) is 20.6 Å². The zero-order chi connectivity index (χ0) is 24.2. The number of carbonyl (C=O) groups excluding carboxylic acids is 1. The van der Waals surface area contributed by atoms with Crippen LogP contribution in [0.5, 0.6) is 5.75 Å². The average Bonchev–Trinajstić information content (AvgIpc) is 3.31. The molecule has 3 aliphatic rings. The van der Waals surface area contributed by atoms with Crippen LogP contribution in [0, 0.1) is 0 Å². The van der Waals surface area contributed by atoms with Gasteiger partial charge in [-0.15, -0.1) is 0 Å². The Balaban J connectivity index is 1.35. The third-order valence-corrected chi connectivity index (χ3v) is 6.53. The predicted molar refractivity (Wildman–Crippen MR) is 123 cm³/mol. The first-order valence-corrected chi connectivity index (χ1v) is 11.7. The summed E-state index contributed by atoms with van der Waals surface area (Å²) < 4.78 is 51.9. The minimum absolute atomic E-state index is 0.0304. The van der Waals surface area contributed by atoms with Crippen molar-refractivity contribution >= 4 is 34.1 Å². The number of carbonyl (C=O) groups is 1. The number of alkyl halides is 3. The monoisotopic (exact) mass is 487 g/mol. The van der Waals surface area contributed by atoms with Crippen LogP contribution in [0.15, 0.2) is 24.4 Å². The lowest BCUT2D eigenvalue weighted by molar-refractivity contribution is -0.136. The van der Waals surface area contributed by atoms with E-state index in [1.54, 1.807) is 23.1 Å². The highest BCUT2D eigenvalue weighted by atomic mass is 19.4. The van der Waals surface area contributed by atoms with E-state index in [9.17, 15) is 18.0 Å². The van der Waals surface area contributed by atoms with Crippen LogP contribution in [0.1, 0.15) is 34.3 Å². The lowest BCUT2D eigenvalue weighted by atomic mass is 10.0. The van der Waals surface area contributed by atoms with Gasteiger partial charge in [-0.3, -0.25) is 4.79 Å². The molecule has 1 saturated heterocycles. The SMILES string of the molecule is O=C(c1ccc(Nc2cc(NC3CC3)c3c(C(F)(F)F)c[nH]c3n2)c2c1CCO2)N1CCOCC1. The van der Waals surface area contributed by atoms with Crippen molar-refractivity contribution in [1.29, 1.82) is 0 Å². The molecule has 2 fully saturated rings. The number of nitrogens with zero attached hydrogens (tertiary/aromatic N) is 2. The molecule has 3 N–H and O–H groups in total. The number of hydrogen-bond donors (Lipinski definition) is 3. The van der Waals surface area contributed by atoms with Crippen molar-refractivity contribution in [1.82, 2.24) is 14.9 Å². The maximum absolute atomic E-state index is 13.6. The summed E-state index contributed by atoms with van der Waals surface area (Å²) in [7, 11) is 0. The van der Waals surface area contributed by atoms with Crippen LogP contribution in [0.25, 0.3) is 11.0 Å². The fourth-order valence-electron chi connectivity index (χ4n) is 4.65. The molecule has 0 spiro atoms. The highest BCUT2D eigenvalue weighted by Gasteiger charge is 2.36. The molecule has 2 aliphatic heterocycles. The Kier molecular flexibility index (Phi) is 5.24. The van der Waals surface area contributed by atoms with Crippen LogP contribution >= 0.6 is 0 Å². The van der Waals surface area contributed by atoms with Gasteiger partial charge in [0.15, 0.2) is 0 Å². The zero-order valence-electron chi connectivity index (χ0n) is 18.8. The number of halogens is 3. The van der Waals surface area contributed by atoms with E-state index < -0.39 is 11.7 Å². The van der Waals surface area contributed by atoms with Crippen LogP contribution in [0.4, 0.5) is 30.4 Å². The van der Waals surface area contributed by atoms with Gasteiger partial charge in [0, 0.05) is 54.6 Å². The molecule has 1 saturated carbocycles. The molecule has 4 heterocycles. The molecule has 1 aliphatic carbocycles. The topological polar surface area (TPSA) is 91.5 Å². The molecule has 8 nitrogen and oxygen atoms in total. The van der Waals surface area contributed by atoms with Gasteiger partial charge in [-0.1, -0.05) is 0 Å². The maximum Gasteiger partial charge on any atom is 0.418 e. The van der Waals surface area contributed by atoms with Gasteiger partial charge in [-0.05, 0) is 25.0 Å². The normalized spacial score (nSPS) is 17.9. The van der Waals surface area contributed by atoms with E-state index in [1.807, 2.05) is 0 Å². The fraction of sp³-hybridized carbons (Fsp3) is 0.417. The maximum atomic E-state index is 13.6. The number of rotatable bonds is 5. The van der Waals surface area contributed by atoms with Gasteiger partial charge in [0.1, 0.15) is 17.2 Å². The summed E-state index contributed by atoms with van der Waals surface area (Å²) in [5, 5.41) is 6.44. The van der Waals surface area contributed by atoms with Crippen molar-refractivity contribution in [2.75, 3.05) is 43.5 Å². The van der Waals surface area contributed by atoms with Crippen molar-refractivity contribution in [3.05, 3.63) is 41.1 Å². The van der Waals surface area contributed by atoms with Crippen molar-refractivity contribution in [2.24, 2.45) is 0 Å². The lowest BCUT2D eigenvalue weighted by Crippen LogP contribution is -2.41. The molecule has 1 amide bonds. The number of H-pyrrole nitrogens is 1. The van der Waals surface area contributed by atoms with Crippen molar-refractivity contribution in [2.45, 2.75) is 31.5 Å². The molecule has 0 unspecified atom stereocenters. The molecule has 3 aromatic rings. The molecule has 184 valence electrons. The highest BCUT2D eigenvalue weighted by molar-refractivity contribution is 5.98. The smallest absolute Gasteiger partial charge is 0.418 e. The second-order valence-corrected chi connectivity index (χ2v) is 8.99. The minimum atomic E-state index is -4.49. The Hall–Kier alpha value is -3.47. The number of nitrogens with one attached hydrogen (secondary N) is 3. The van der Waals surface area contributed by atoms with Gasteiger partial charge < -0.3 is 30.0 Å². The summed E-state index contributed by atoms with van der Waals surface area (Å²) in [4.78, 5) is 21.9. The molecule has 11 heteroatoms. The van der Waals surface area contributed by atoms with Gasteiger partial charge in [0.05, 0.1) is 36.5 Å². The third-order valence-electron chi connectivity index (χ3n) is 6.53. The van der Waals surface area contributed by atoms with E-state index in [0.717, 1.165) is 24.6 Å². The van der Waals surface area contributed by atoms with Crippen molar-refractivity contribution in [3.8, 4) is 5.75 Å². The highest BCUT2D eigenvalue weighted by Crippen LogP contribution is 2.42. The van der Waals surface area contributed by atoms with Gasteiger partial charge >= 0.3 is 6.18 Å². The summed E-state index contributed by atoms with van der Waals surface area (Å²) in [6.07, 6.45) is -1.11. The molecule has 2 aromatic heterocycles. The summed E-state index contributed by atoms with van der Waals surface area (Å²) >= 11 is 0. The van der Waals surface area contributed by atoms with E-state index >= 15 is 0 Å². The second kappa shape index (κ2) is 8.33. The van der Waals surface area contributed by atoms with Gasteiger partial charge in [-0.25, -0.2) is 4.98 Å². The number of aromatic amines is 1. The van der Waals surface area contributed by atoms with E-state index in [0.29, 0.717) is 67.8 Å². The predicted octanol–water partition coefficient (Wildman–Crippen LogP) is 4.31. The summed E-state index contributed by atoms with van der Waals surface area (Å²) in [6.45, 7) is 2.58. The standard InChI is InChI=1S/C24H24F3N5O3/c25-24(26,27)16-12-28-22-20(16)18(29-13-1-2-13)11-19(31-22)30-17-4-3-15(14-5-8-35-21(14)17)23(33)32-6-9-34-10-7-32/h3-4,11-13H,1-2,5-10H2,(H3,28,29,30,31). The average molecular weight is 487 g/mol. The number of anilines is 3. The Morgan fingerprint density at radius 1 is 1.14 bits per heavy atom. The number of morpholine rings is 1. The number of ether oxygens (including phenoxy) is 2. The van der Waals surface area contributed by atoms with E-state index in [4.69, 9.17) is 9.47 Å². The number of hydrogen-bond acceptors (Lipinski definition) is 6. The van der Waals surface area contributed by atoms with Crippen LogP contribution in [-0.2, 0) is 17.3 Å². The summed E-state index contributed by atoms with van der Waals surface area (Å²) in [5.74, 6) is 0.898. The Morgan fingerprint density at radius 3 is 2.69 bits per heavy atom. The van der Waals surface area contributed by atoms with Crippen LogP contribution in [-0.4, -0.2) is 59.7 Å².